The number of hydrogen-bond acceptors (Lipinski definition) is 7. The van der Waals surface area contributed by atoms with Gasteiger partial charge < -0.3 is 19.7 Å². The van der Waals surface area contributed by atoms with E-state index in [9.17, 15) is 24.3 Å². The third-order valence-corrected chi connectivity index (χ3v) is 8.28. The quantitative estimate of drug-likeness (QED) is 0.160. The van der Waals surface area contributed by atoms with Gasteiger partial charge in [-0.05, 0) is 57.3 Å². The Morgan fingerprint density at radius 3 is 1.43 bits per heavy atom. The molecule has 0 atom stereocenters. The number of esters is 3. The van der Waals surface area contributed by atoms with E-state index in [2.05, 4.69) is 65.4 Å². The van der Waals surface area contributed by atoms with Crippen molar-refractivity contribution in [1.82, 2.24) is 0 Å². The number of aliphatic hydroxyl groups is 1. The first kappa shape index (κ1) is 34.8. The zero-order valence-corrected chi connectivity index (χ0v) is 25.4. The van der Waals surface area contributed by atoms with Gasteiger partial charge in [-0.3, -0.25) is 19.2 Å². The number of rotatable bonds is 7. The van der Waals surface area contributed by atoms with Gasteiger partial charge in [0.15, 0.2) is 0 Å². The summed E-state index contributed by atoms with van der Waals surface area (Å²) in [6.45, 7) is 0.480. The highest BCUT2D eigenvalue weighted by Crippen LogP contribution is 2.45. The summed E-state index contributed by atoms with van der Waals surface area (Å²) in [7, 11) is 0. The highest BCUT2D eigenvalue weighted by atomic mass is 16.6. The lowest BCUT2D eigenvalue weighted by Crippen LogP contribution is -2.17. The summed E-state index contributed by atoms with van der Waals surface area (Å²) < 4.78 is 9.60. The van der Waals surface area contributed by atoms with Crippen LogP contribution in [-0.4, -0.2) is 47.3 Å². The Morgan fingerprint density at radius 2 is 1.06 bits per heavy atom. The Balaban J connectivity index is 0.000000178. The van der Waals surface area contributed by atoms with Gasteiger partial charge in [-0.2, -0.15) is 0 Å². The summed E-state index contributed by atoms with van der Waals surface area (Å²) in [5, 5.41) is 18.1. The van der Waals surface area contributed by atoms with E-state index in [4.69, 9.17) is 9.84 Å². The molecule has 2 N–H and O–H groups in total. The minimum absolute atomic E-state index is 0. The van der Waals surface area contributed by atoms with Crippen LogP contribution in [0.5, 0.6) is 0 Å². The van der Waals surface area contributed by atoms with Gasteiger partial charge in [0.25, 0.3) is 0 Å². The van der Waals surface area contributed by atoms with Crippen LogP contribution in [0.1, 0.15) is 80.0 Å². The Hall–Kier alpha value is -5.08. The normalized spacial score (nSPS) is 14.0. The molecule has 1 saturated heterocycles. The van der Waals surface area contributed by atoms with Gasteiger partial charge in [0.2, 0.25) is 0 Å². The Bertz CT molecular complexity index is 1620. The van der Waals surface area contributed by atoms with Gasteiger partial charge in [0.05, 0.1) is 6.61 Å². The third-order valence-electron chi connectivity index (χ3n) is 8.28. The molecule has 4 aromatic carbocycles. The molecule has 0 amide bonds. The summed E-state index contributed by atoms with van der Waals surface area (Å²) in [6, 6.07) is 33.0. The van der Waals surface area contributed by atoms with E-state index in [0.29, 0.717) is 32.3 Å². The van der Waals surface area contributed by atoms with E-state index in [1.165, 1.54) is 44.5 Å². The first-order valence-corrected chi connectivity index (χ1v) is 15.5. The molecule has 0 spiro atoms. The van der Waals surface area contributed by atoms with E-state index >= 15 is 0 Å². The third kappa shape index (κ3) is 8.40. The van der Waals surface area contributed by atoms with Crippen molar-refractivity contribution in [3.8, 4) is 22.3 Å². The van der Waals surface area contributed by atoms with Crippen molar-refractivity contribution < 1.29 is 38.9 Å². The number of aliphatic hydroxyl groups excluding tert-OH is 1. The molecule has 3 aliphatic rings. The number of hydrogen-bond donors (Lipinski definition) is 2. The molecular formula is C39H40O8. The number of fused-ring (bicyclic) bond motifs is 6. The lowest BCUT2D eigenvalue weighted by Gasteiger charge is -2.14. The zero-order valence-electron chi connectivity index (χ0n) is 25.4. The first-order valence-electron chi connectivity index (χ1n) is 15.5. The summed E-state index contributed by atoms with van der Waals surface area (Å²) in [4.78, 5) is 42.7. The second kappa shape index (κ2) is 16.5. The van der Waals surface area contributed by atoms with Crippen LogP contribution in [-0.2, 0) is 28.7 Å². The van der Waals surface area contributed by atoms with Crippen LogP contribution in [0.3, 0.4) is 0 Å². The molecule has 0 saturated carbocycles. The average Bonchev–Trinajstić information content (AvgIpc) is 3.56. The van der Waals surface area contributed by atoms with Crippen LogP contribution in [0.2, 0.25) is 0 Å². The number of aliphatic carboxylic acids is 1. The highest BCUT2D eigenvalue weighted by molar-refractivity contribution is 5.87. The molecule has 2 aliphatic carbocycles. The topological polar surface area (TPSA) is 127 Å². The largest absolute Gasteiger partial charge is 0.481 e. The molecule has 1 aliphatic heterocycles. The van der Waals surface area contributed by atoms with Crippen LogP contribution in [0.25, 0.3) is 22.3 Å². The van der Waals surface area contributed by atoms with Crippen molar-refractivity contribution in [1.29, 1.82) is 0 Å². The maximum atomic E-state index is 11.8. The van der Waals surface area contributed by atoms with Crippen molar-refractivity contribution in [2.45, 2.75) is 57.8 Å². The van der Waals surface area contributed by atoms with Crippen LogP contribution >= 0.6 is 0 Å². The second-order valence-electron chi connectivity index (χ2n) is 11.3. The second-order valence-corrected chi connectivity index (χ2v) is 11.3. The molecule has 0 radical (unpaired) electrons. The molecule has 47 heavy (non-hydrogen) atoms. The smallest absolute Gasteiger partial charge is 0.313 e. The number of carbonyl (C=O) groups excluding carboxylic acids is 3. The van der Waals surface area contributed by atoms with Crippen LogP contribution < -0.4 is 0 Å². The minimum atomic E-state index is -0.892. The van der Waals surface area contributed by atoms with Crippen LogP contribution in [0, 0.1) is 0 Å². The van der Waals surface area contributed by atoms with Gasteiger partial charge in [0.1, 0.15) is 6.61 Å². The van der Waals surface area contributed by atoms with E-state index in [1.54, 1.807) is 0 Å². The summed E-state index contributed by atoms with van der Waals surface area (Å²) >= 11 is 0. The molecule has 1 fully saturated rings. The summed E-state index contributed by atoms with van der Waals surface area (Å²) in [5.41, 5.74) is 9.77. The standard InChI is InChI=1S/C19H18O4.C14H12O.C5H6O3.CH4/c20-18(21)10-5-11-19(22)23-12-17-15-8-3-1-6-13(15)14-7-2-4-9-16(14)17;15-9-14-12-7-3-1-5-10(12)11-6-2-4-8-13(11)14;6-4-2-1-3-5(7)8-4;/h1-4,6-9,17H,5,10-12H2,(H,20,21);1-8,14-15H,9H2;1-3H2;1H4. The number of carbonyl (C=O) groups is 4. The molecule has 7 rings (SSSR count). The monoisotopic (exact) mass is 636 g/mol. The molecule has 0 bridgehead atoms. The van der Waals surface area contributed by atoms with Crippen molar-refractivity contribution in [3.05, 3.63) is 119 Å². The highest BCUT2D eigenvalue weighted by Gasteiger charge is 2.29. The molecule has 4 aromatic rings. The average molecular weight is 637 g/mol. The van der Waals surface area contributed by atoms with Gasteiger partial charge in [0, 0.05) is 37.5 Å². The lowest BCUT2D eigenvalue weighted by molar-refractivity contribution is -0.163. The molecule has 244 valence electrons. The van der Waals surface area contributed by atoms with E-state index in [-0.39, 0.29) is 56.6 Å². The van der Waals surface area contributed by atoms with Gasteiger partial charge in [-0.1, -0.05) is 104 Å². The van der Waals surface area contributed by atoms with Gasteiger partial charge >= 0.3 is 23.9 Å². The predicted octanol–water partition coefficient (Wildman–Crippen LogP) is 7.26. The Kier molecular flexibility index (Phi) is 12.2. The minimum Gasteiger partial charge on any atom is -0.481 e. The molecule has 0 unspecified atom stereocenters. The first-order chi connectivity index (χ1) is 22.4. The Labute approximate surface area is 275 Å². The van der Waals surface area contributed by atoms with Crippen molar-refractivity contribution in [2.24, 2.45) is 0 Å². The number of cyclic esters (lactones) is 2. The van der Waals surface area contributed by atoms with Crippen molar-refractivity contribution in [2.75, 3.05) is 13.2 Å². The summed E-state index contributed by atoms with van der Waals surface area (Å²) in [6.07, 6.45) is 1.88. The molecule has 0 aromatic heterocycles. The fraction of sp³-hybridized carbons (Fsp3) is 0.282. The van der Waals surface area contributed by atoms with E-state index < -0.39 is 5.97 Å². The fourth-order valence-electron chi connectivity index (χ4n) is 6.13. The molecule has 8 heteroatoms. The number of ether oxygens (including phenoxy) is 2. The van der Waals surface area contributed by atoms with Crippen molar-refractivity contribution in [3.63, 3.8) is 0 Å². The van der Waals surface area contributed by atoms with E-state index in [0.717, 1.165) is 0 Å². The molecular weight excluding hydrogens is 596 g/mol. The molecule has 1 heterocycles. The SMILES string of the molecule is C.O=C(O)CCCC(=O)OCC1c2ccccc2-c2ccccc21.O=C1CCCC(=O)O1.OCC1c2ccccc2-c2ccccc21. The van der Waals surface area contributed by atoms with E-state index in [1.807, 2.05) is 36.4 Å². The van der Waals surface area contributed by atoms with Crippen LogP contribution in [0.15, 0.2) is 97.1 Å². The van der Waals surface area contributed by atoms with Crippen LogP contribution in [0.4, 0.5) is 0 Å². The maximum absolute atomic E-state index is 11.8. The maximum Gasteiger partial charge on any atom is 0.313 e. The number of carboxylic acids is 1. The van der Waals surface area contributed by atoms with Crippen molar-refractivity contribution >= 4 is 23.9 Å². The number of carboxylic acid groups (broad SMARTS) is 1. The lowest BCUT2D eigenvalue weighted by atomic mass is 9.98. The summed E-state index contributed by atoms with van der Waals surface area (Å²) in [5.74, 6) is -1.80. The number of benzene rings is 4. The molecule has 8 nitrogen and oxygen atoms in total. The zero-order chi connectivity index (χ0) is 32.5. The Morgan fingerprint density at radius 1 is 0.660 bits per heavy atom. The fourth-order valence-corrected chi connectivity index (χ4v) is 6.13. The van der Waals surface area contributed by atoms with Gasteiger partial charge in [-0.25, -0.2) is 0 Å². The predicted molar refractivity (Wildman–Crippen MR) is 179 cm³/mol. The van der Waals surface area contributed by atoms with Gasteiger partial charge in [-0.15, -0.1) is 0 Å².